The fourth-order valence-electron chi connectivity index (χ4n) is 0.921. The summed E-state index contributed by atoms with van der Waals surface area (Å²) >= 11 is 0.750. The first-order valence-corrected chi connectivity index (χ1v) is 4.87. The Labute approximate surface area is 89.1 Å². The zero-order valence-electron chi connectivity index (χ0n) is 7.46. The Balaban J connectivity index is 2.65. The maximum atomic E-state index is 12.7. The lowest BCUT2D eigenvalue weighted by Crippen LogP contribution is -2.13. The highest BCUT2D eigenvalue weighted by Crippen LogP contribution is 2.13. The van der Waals surface area contributed by atoms with Gasteiger partial charge in [-0.05, 0) is 23.9 Å². The van der Waals surface area contributed by atoms with Crippen molar-refractivity contribution in [1.29, 1.82) is 5.26 Å². The number of nitrogens with one attached hydrogen (secondary N) is 1. The van der Waals surface area contributed by atoms with Crippen LogP contribution in [0.4, 0.5) is 14.5 Å². The number of nitrogens with zero attached hydrogens (tertiary/aromatic N) is 1. The second kappa shape index (κ2) is 5.32. The number of rotatable bonds is 3. The zero-order chi connectivity index (χ0) is 11.3. The van der Waals surface area contributed by atoms with Gasteiger partial charge in [0.15, 0.2) is 0 Å². The summed E-state index contributed by atoms with van der Waals surface area (Å²) in [5, 5.41) is 12.2. The maximum Gasteiger partial charge on any atom is 0.235 e. The van der Waals surface area contributed by atoms with Gasteiger partial charge in [-0.2, -0.15) is 5.26 Å². The highest BCUT2D eigenvalue weighted by Gasteiger charge is 2.05. The van der Waals surface area contributed by atoms with E-state index in [2.05, 4.69) is 5.32 Å². The fourth-order valence-corrected chi connectivity index (χ4v) is 1.19. The number of hydrogen-bond acceptors (Lipinski definition) is 3. The summed E-state index contributed by atoms with van der Waals surface area (Å²) in [5.41, 5.74) is 0.0380. The van der Waals surface area contributed by atoms with Gasteiger partial charge in [-0.25, -0.2) is 8.78 Å². The number of thioether (sulfide) groups is 1. The first-order chi connectivity index (χ1) is 7.11. The van der Waals surface area contributed by atoms with Crippen LogP contribution in [-0.4, -0.2) is 11.7 Å². The molecule has 1 rings (SSSR count). The Morgan fingerprint density at radius 1 is 1.40 bits per heavy atom. The van der Waals surface area contributed by atoms with Gasteiger partial charge < -0.3 is 5.32 Å². The Morgan fingerprint density at radius 3 is 2.53 bits per heavy atom. The van der Waals surface area contributed by atoms with Gasteiger partial charge in [0.05, 0.1) is 5.75 Å². The Bertz CT molecular complexity index is 397. The molecular weight excluding hydrogens is 222 g/mol. The third-order valence-electron chi connectivity index (χ3n) is 1.41. The highest BCUT2D eigenvalue weighted by atomic mass is 32.2. The summed E-state index contributed by atoms with van der Waals surface area (Å²) in [6, 6.07) is 2.70. The number of amides is 1. The van der Waals surface area contributed by atoms with E-state index in [1.807, 2.05) is 0 Å². The van der Waals surface area contributed by atoms with Gasteiger partial charge in [0.1, 0.15) is 17.0 Å². The lowest BCUT2D eigenvalue weighted by molar-refractivity contribution is -0.113. The van der Waals surface area contributed by atoms with Gasteiger partial charge in [0.2, 0.25) is 5.91 Å². The van der Waals surface area contributed by atoms with Crippen LogP contribution in [0.25, 0.3) is 0 Å². The van der Waals surface area contributed by atoms with Crippen molar-refractivity contribution >= 4 is 23.4 Å². The molecule has 0 aliphatic rings. The molecule has 0 bridgehead atoms. The van der Waals surface area contributed by atoms with Crippen LogP contribution >= 0.6 is 11.8 Å². The Hall–Kier alpha value is -1.61. The van der Waals surface area contributed by atoms with E-state index in [1.165, 1.54) is 0 Å². The van der Waals surface area contributed by atoms with Crippen LogP contribution in [0.15, 0.2) is 18.2 Å². The predicted molar refractivity (Wildman–Crippen MR) is 53.1 cm³/mol. The van der Waals surface area contributed by atoms with Crippen LogP contribution in [-0.2, 0) is 4.79 Å². The summed E-state index contributed by atoms with van der Waals surface area (Å²) in [5.74, 6) is -2.09. The van der Waals surface area contributed by atoms with E-state index in [-0.39, 0.29) is 11.4 Å². The van der Waals surface area contributed by atoms with Crippen molar-refractivity contribution < 1.29 is 13.6 Å². The molecule has 0 heterocycles. The van der Waals surface area contributed by atoms with Crippen molar-refractivity contribution in [3.63, 3.8) is 0 Å². The number of nitriles is 1. The van der Waals surface area contributed by atoms with Crippen LogP contribution in [0, 0.1) is 22.3 Å². The van der Waals surface area contributed by atoms with Gasteiger partial charge in [-0.3, -0.25) is 4.79 Å². The Morgan fingerprint density at radius 2 is 2.00 bits per heavy atom. The van der Waals surface area contributed by atoms with Crippen LogP contribution in [0.1, 0.15) is 0 Å². The topological polar surface area (TPSA) is 52.9 Å². The van der Waals surface area contributed by atoms with E-state index in [9.17, 15) is 13.6 Å². The number of hydrogen-bond donors (Lipinski definition) is 1. The number of benzene rings is 1. The van der Waals surface area contributed by atoms with Crippen LogP contribution in [0.5, 0.6) is 0 Å². The molecule has 0 unspecified atom stereocenters. The summed E-state index contributed by atoms with van der Waals surface area (Å²) < 4.78 is 25.4. The maximum absolute atomic E-state index is 12.7. The second-order valence-corrected chi connectivity index (χ2v) is 3.35. The minimum Gasteiger partial charge on any atom is -0.325 e. The van der Waals surface area contributed by atoms with Gasteiger partial charge in [-0.15, -0.1) is 0 Å². The SMILES string of the molecule is N#CSCC(=O)Nc1cc(F)cc(F)c1. The van der Waals surface area contributed by atoms with Crippen LogP contribution in [0.2, 0.25) is 0 Å². The summed E-state index contributed by atoms with van der Waals surface area (Å²) in [7, 11) is 0. The van der Waals surface area contributed by atoms with Crippen molar-refractivity contribution in [3.8, 4) is 5.40 Å². The molecule has 0 saturated heterocycles. The average Bonchev–Trinajstić information content (AvgIpc) is 2.13. The largest absolute Gasteiger partial charge is 0.325 e. The van der Waals surface area contributed by atoms with Crippen molar-refractivity contribution in [2.45, 2.75) is 0 Å². The third-order valence-corrected chi connectivity index (χ3v) is 1.95. The monoisotopic (exact) mass is 228 g/mol. The lowest BCUT2D eigenvalue weighted by atomic mass is 10.3. The molecule has 15 heavy (non-hydrogen) atoms. The average molecular weight is 228 g/mol. The van der Waals surface area contributed by atoms with Crippen LogP contribution < -0.4 is 5.32 Å². The number of anilines is 1. The first kappa shape index (κ1) is 11.5. The van der Waals surface area contributed by atoms with Gasteiger partial charge >= 0.3 is 0 Å². The normalized spacial score (nSPS) is 9.40. The van der Waals surface area contributed by atoms with E-state index in [1.54, 1.807) is 5.40 Å². The van der Waals surface area contributed by atoms with E-state index in [0.29, 0.717) is 6.07 Å². The summed E-state index contributed by atoms with van der Waals surface area (Å²) in [6.45, 7) is 0. The molecule has 1 aromatic carbocycles. The van der Waals surface area contributed by atoms with Crippen LogP contribution in [0.3, 0.4) is 0 Å². The smallest absolute Gasteiger partial charge is 0.235 e. The molecule has 0 aliphatic carbocycles. The molecule has 0 radical (unpaired) electrons. The standard InChI is InChI=1S/C9H6F2N2OS/c10-6-1-7(11)3-8(2-6)13-9(14)4-15-5-12/h1-3H,4H2,(H,13,14). The van der Waals surface area contributed by atoms with E-state index in [0.717, 1.165) is 23.9 Å². The highest BCUT2D eigenvalue weighted by molar-refractivity contribution is 8.04. The number of carbonyl (C=O) groups excluding carboxylic acids is 1. The molecule has 0 aliphatic heterocycles. The number of thiocyanates is 1. The van der Waals surface area contributed by atoms with Crippen molar-refractivity contribution in [2.75, 3.05) is 11.1 Å². The minimum absolute atomic E-state index is 0.0380. The molecule has 6 heteroatoms. The van der Waals surface area contributed by atoms with Crippen molar-refractivity contribution in [1.82, 2.24) is 0 Å². The number of halogens is 2. The van der Waals surface area contributed by atoms with Crippen molar-refractivity contribution in [2.24, 2.45) is 0 Å². The molecule has 1 N–H and O–H groups in total. The predicted octanol–water partition coefficient (Wildman–Crippen LogP) is 2.12. The van der Waals surface area contributed by atoms with Gasteiger partial charge in [-0.1, -0.05) is 0 Å². The molecule has 78 valence electrons. The molecule has 3 nitrogen and oxygen atoms in total. The molecule has 0 spiro atoms. The Kier molecular flexibility index (Phi) is 4.06. The van der Waals surface area contributed by atoms with Crippen molar-refractivity contribution in [3.05, 3.63) is 29.8 Å². The zero-order valence-corrected chi connectivity index (χ0v) is 8.28. The molecule has 1 aromatic rings. The van der Waals surface area contributed by atoms with Gasteiger partial charge in [0.25, 0.3) is 0 Å². The molecule has 0 saturated carbocycles. The molecule has 0 atom stereocenters. The molecule has 1 amide bonds. The molecule has 0 aromatic heterocycles. The number of carbonyl (C=O) groups is 1. The molecular formula is C9H6F2N2OS. The fraction of sp³-hybridized carbons (Fsp3) is 0.111. The minimum atomic E-state index is -0.766. The lowest BCUT2D eigenvalue weighted by Gasteiger charge is -2.03. The quantitative estimate of drug-likeness (QED) is 0.806. The van der Waals surface area contributed by atoms with E-state index in [4.69, 9.17) is 5.26 Å². The molecule has 0 fully saturated rings. The summed E-state index contributed by atoms with van der Waals surface area (Å²) in [6.07, 6.45) is 0. The van der Waals surface area contributed by atoms with Gasteiger partial charge in [0, 0.05) is 11.8 Å². The summed E-state index contributed by atoms with van der Waals surface area (Å²) in [4.78, 5) is 11.1. The second-order valence-electron chi connectivity index (χ2n) is 2.59. The first-order valence-electron chi connectivity index (χ1n) is 3.88. The third kappa shape index (κ3) is 3.95. The van der Waals surface area contributed by atoms with E-state index >= 15 is 0 Å². The van der Waals surface area contributed by atoms with E-state index < -0.39 is 17.5 Å².